The smallest absolute Gasteiger partial charge is 0.222 e. The van der Waals surface area contributed by atoms with E-state index in [4.69, 9.17) is 0 Å². The van der Waals surface area contributed by atoms with Crippen molar-refractivity contribution in [3.63, 3.8) is 0 Å². The fourth-order valence-electron chi connectivity index (χ4n) is 2.75. The molecule has 20 heavy (non-hydrogen) atoms. The van der Waals surface area contributed by atoms with Crippen LogP contribution in [0.25, 0.3) is 0 Å². The Labute approximate surface area is 121 Å². The molecule has 0 saturated carbocycles. The van der Waals surface area contributed by atoms with E-state index in [9.17, 15) is 4.79 Å². The molecule has 0 bridgehead atoms. The largest absolute Gasteiger partial charge is 0.345 e. The lowest BCUT2D eigenvalue weighted by Crippen LogP contribution is -2.45. The highest BCUT2D eigenvalue weighted by molar-refractivity contribution is 5.76. The number of aromatic amines is 1. The lowest BCUT2D eigenvalue weighted by Gasteiger charge is -2.33. The quantitative estimate of drug-likeness (QED) is 0.867. The predicted molar refractivity (Wildman–Crippen MR) is 79.4 cm³/mol. The molecule has 1 atom stereocenters. The number of carbonyl (C=O) groups excluding carboxylic acids is 1. The van der Waals surface area contributed by atoms with Crippen molar-refractivity contribution in [2.75, 3.05) is 13.1 Å². The molecule has 5 heteroatoms. The van der Waals surface area contributed by atoms with Crippen molar-refractivity contribution in [1.82, 2.24) is 20.2 Å². The third kappa shape index (κ3) is 3.82. The van der Waals surface area contributed by atoms with Crippen LogP contribution in [0.3, 0.4) is 0 Å². The Hall–Kier alpha value is -1.36. The standard InChI is InChI=1S/C15H26N4O/c1-4-5-14(20)19-8-6-13(7-9-19)18-12(3)15-16-10-11(2)17-15/h10,12-13,18H,4-9H2,1-3H3,(H,16,17). The first kappa shape index (κ1) is 15.0. The Morgan fingerprint density at radius 2 is 2.25 bits per heavy atom. The van der Waals surface area contributed by atoms with E-state index in [1.165, 1.54) is 0 Å². The first-order valence-electron chi connectivity index (χ1n) is 7.65. The SMILES string of the molecule is CCCC(=O)N1CCC(NC(C)c2ncc(C)[nH]2)CC1. The van der Waals surface area contributed by atoms with Gasteiger partial charge in [-0.3, -0.25) is 4.79 Å². The number of rotatable bonds is 5. The molecule has 1 aromatic heterocycles. The molecule has 1 aromatic rings. The van der Waals surface area contributed by atoms with E-state index in [1.54, 1.807) is 0 Å². The summed E-state index contributed by atoms with van der Waals surface area (Å²) in [5, 5.41) is 3.61. The van der Waals surface area contributed by atoms with Crippen LogP contribution in [-0.4, -0.2) is 39.9 Å². The number of nitrogens with one attached hydrogen (secondary N) is 2. The third-order valence-electron chi connectivity index (χ3n) is 3.93. The summed E-state index contributed by atoms with van der Waals surface area (Å²) in [5.74, 6) is 1.30. The summed E-state index contributed by atoms with van der Waals surface area (Å²) in [6, 6.07) is 0.702. The van der Waals surface area contributed by atoms with Gasteiger partial charge in [-0.05, 0) is 33.1 Å². The zero-order chi connectivity index (χ0) is 14.5. The Bertz CT molecular complexity index is 435. The normalized spacial score (nSPS) is 18.2. The van der Waals surface area contributed by atoms with E-state index >= 15 is 0 Å². The van der Waals surface area contributed by atoms with Crippen molar-refractivity contribution < 1.29 is 4.79 Å². The van der Waals surface area contributed by atoms with Crippen LogP contribution in [0.15, 0.2) is 6.20 Å². The maximum atomic E-state index is 11.8. The number of carbonyl (C=O) groups is 1. The van der Waals surface area contributed by atoms with Crippen LogP contribution in [0.1, 0.15) is 57.1 Å². The highest BCUT2D eigenvalue weighted by Gasteiger charge is 2.23. The maximum absolute atomic E-state index is 11.8. The number of hydrogen-bond acceptors (Lipinski definition) is 3. The minimum atomic E-state index is 0.228. The minimum Gasteiger partial charge on any atom is -0.345 e. The van der Waals surface area contributed by atoms with Gasteiger partial charge in [-0.15, -0.1) is 0 Å². The zero-order valence-corrected chi connectivity index (χ0v) is 12.8. The molecule has 1 fully saturated rings. The van der Waals surface area contributed by atoms with Gasteiger partial charge in [0.05, 0.1) is 6.04 Å². The molecule has 1 amide bonds. The number of hydrogen-bond donors (Lipinski definition) is 2. The average molecular weight is 278 g/mol. The minimum absolute atomic E-state index is 0.228. The molecule has 0 aromatic carbocycles. The molecule has 0 spiro atoms. The molecular weight excluding hydrogens is 252 g/mol. The molecule has 1 saturated heterocycles. The van der Waals surface area contributed by atoms with E-state index in [2.05, 4.69) is 29.1 Å². The van der Waals surface area contributed by atoms with E-state index in [0.29, 0.717) is 18.4 Å². The van der Waals surface area contributed by atoms with Gasteiger partial charge in [0.15, 0.2) is 0 Å². The van der Waals surface area contributed by atoms with Crippen molar-refractivity contribution in [3.05, 3.63) is 17.7 Å². The summed E-state index contributed by atoms with van der Waals surface area (Å²) in [4.78, 5) is 21.5. The van der Waals surface area contributed by atoms with Crippen LogP contribution in [0.2, 0.25) is 0 Å². The van der Waals surface area contributed by atoms with Gasteiger partial charge in [-0.1, -0.05) is 6.92 Å². The fourth-order valence-corrected chi connectivity index (χ4v) is 2.75. The molecule has 1 unspecified atom stereocenters. The molecule has 112 valence electrons. The van der Waals surface area contributed by atoms with Crippen molar-refractivity contribution in [3.8, 4) is 0 Å². The number of nitrogens with zero attached hydrogens (tertiary/aromatic N) is 2. The van der Waals surface area contributed by atoms with Crippen LogP contribution in [0, 0.1) is 6.92 Å². The van der Waals surface area contributed by atoms with Crippen LogP contribution in [0.4, 0.5) is 0 Å². The van der Waals surface area contributed by atoms with Gasteiger partial charge in [0.2, 0.25) is 5.91 Å². The fraction of sp³-hybridized carbons (Fsp3) is 0.733. The van der Waals surface area contributed by atoms with E-state index in [1.807, 2.05) is 18.0 Å². The maximum Gasteiger partial charge on any atom is 0.222 e. The second-order valence-corrected chi connectivity index (χ2v) is 5.74. The lowest BCUT2D eigenvalue weighted by atomic mass is 10.0. The molecule has 1 aliphatic heterocycles. The molecule has 2 N–H and O–H groups in total. The molecule has 0 radical (unpaired) electrons. The van der Waals surface area contributed by atoms with Gasteiger partial charge in [-0.25, -0.2) is 4.98 Å². The van der Waals surface area contributed by atoms with Crippen LogP contribution < -0.4 is 5.32 Å². The van der Waals surface area contributed by atoms with Crippen LogP contribution in [0.5, 0.6) is 0 Å². The Kier molecular flexibility index (Phi) is 5.17. The topological polar surface area (TPSA) is 61.0 Å². The summed E-state index contributed by atoms with van der Waals surface area (Å²) >= 11 is 0. The molecule has 2 rings (SSSR count). The zero-order valence-electron chi connectivity index (χ0n) is 12.8. The number of imidazole rings is 1. The van der Waals surface area contributed by atoms with Gasteiger partial charge in [0, 0.05) is 37.4 Å². The molecule has 0 aliphatic carbocycles. The van der Waals surface area contributed by atoms with Gasteiger partial charge in [-0.2, -0.15) is 0 Å². The van der Waals surface area contributed by atoms with Crippen LogP contribution >= 0.6 is 0 Å². The summed E-state index contributed by atoms with van der Waals surface area (Å²) in [5.41, 5.74) is 1.09. The monoisotopic (exact) mass is 278 g/mol. The highest BCUT2D eigenvalue weighted by atomic mass is 16.2. The molecule has 1 aliphatic rings. The number of amides is 1. The number of likely N-dealkylation sites (tertiary alicyclic amines) is 1. The molecule has 5 nitrogen and oxygen atoms in total. The summed E-state index contributed by atoms with van der Waals surface area (Å²) < 4.78 is 0. The molecular formula is C15H26N4O. The van der Waals surface area contributed by atoms with Crippen molar-refractivity contribution in [2.24, 2.45) is 0 Å². The van der Waals surface area contributed by atoms with Gasteiger partial charge < -0.3 is 15.2 Å². The second kappa shape index (κ2) is 6.88. The summed E-state index contributed by atoms with van der Waals surface area (Å²) in [7, 11) is 0. The summed E-state index contributed by atoms with van der Waals surface area (Å²) in [6.45, 7) is 7.95. The molecule has 2 heterocycles. The van der Waals surface area contributed by atoms with E-state index in [0.717, 1.165) is 43.9 Å². The number of aryl methyl sites for hydroxylation is 1. The number of piperidine rings is 1. The van der Waals surface area contributed by atoms with Crippen LogP contribution in [-0.2, 0) is 4.79 Å². The number of aromatic nitrogens is 2. The van der Waals surface area contributed by atoms with Gasteiger partial charge in [0.25, 0.3) is 0 Å². The highest BCUT2D eigenvalue weighted by Crippen LogP contribution is 2.16. The average Bonchev–Trinajstić information content (AvgIpc) is 2.86. The van der Waals surface area contributed by atoms with Gasteiger partial charge in [0.1, 0.15) is 5.82 Å². The summed E-state index contributed by atoms with van der Waals surface area (Å²) in [6.07, 6.45) is 5.53. The third-order valence-corrected chi connectivity index (χ3v) is 3.93. The predicted octanol–water partition coefficient (Wildman–Crippen LogP) is 2.16. The lowest BCUT2D eigenvalue weighted by molar-refractivity contribution is -0.132. The Morgan fingerprint density at radius 1 is 1.55 bits per heavy atom. The van der Waals surface area contributed by atoms with E-state index < -0.39 is 0 Å². The van der Waals surface area contributed by atoms with Crippen molar-refractivity contribution >= 4 is 5.91 Å². The Balaban J connectivity index is 1.78. The van der Waals surface area contributed by atoms with E-state index in [-0.39, 0.29) is 6.04 Å². The Morgan fingerprint density at radius 3 is 2.80 bits per heavy atom. The van der Waals surface area contributed by atoms with Crippen molar-refractivity contribution in [2.45, 2.75) is 58.5 Å². The van der Waals surface area contributed by atoms with Crippen molar-refractivity contribution in [1.29, 1.82) is 0 Å². The number of H-pyrrole nitrogens is 1. The van der Waals surface area contributed by atoms with Gasteiger partial charge >= 0.3 is 0 Å². The first-order valence-corrected chi connectivity index (χ1v) is 7.65. The second-order valence-electron chi connectivity index (χ2n) is 5.74. The first-order chi connectivity index (χ1) is 9.60.